The van der Waals surface area contributed by atoms with Crippen LogP contribution >= 0.6 is 12.2 Å². The van der Waals surface area contributed by atoms with Crippen LogP contribution in [-0.4, -0.2) is 11.2 Å². The second-order valence-corrected chi connectivity index (χ2v) is 3.36. The molecular weight excluding hydrogens is 184 g/mol. The van der Waals surface area contributed by atoms with E-state index in [0.29, 0.717) is 6.42 Å². The highest BCUT2D eigenvalue weighted by atomic mass is 32.1. The van der Waals surface area contributed by atoms with Crippen molar-refractivity contribution in [1.29, 1.82) is 0 Å². The molecule has 70 valence electrons. The van der Waals surface area contributed by atoms with Crippen LogP contribution in [0.3, 0.4) is 0 Å². The first-order chi connectivity index (χ1) is 6.22. The fourth-order valence-electron chi connectivity index (χ4n) is 1.22. The van der Waals surface area contributed by atoms with Gasteiger partial charge in [0.15, 0.2) is 0 Å². The van der Waals surface area contributed by atoms with E-state index in [1.54, 1.807) is 18.6 Å². The molecule has 0 radical (unpaired) electrons. The van der Waals surface area contributed by atoms with Crippen LogP contribution in [0, 0.1) is 5.92 Å². The summed E-state index contributed by atoms with van der Waals surface area (Å²) in [5.41, 5.74) is 0. The lowest BCUT2D eigenvalue weighted by Crippen LogP contribution is -2.09. The number of rotatable bonds is 5. The molecule has 0 saturated carbocycles. The number of carbonyl (C=O) groups is 1. The summed E-state index contributed by atoms with van der Waals surface area (Å²) in [4.78, 5) is 10.8. The van der Waals surface area contributed by atoms with Gasteiger partial charge in [0.25, 0.3) is 0 Å². The summed E-state index contributed by atoms with van der Waals surface area (Å²) in [6.45, 7) is 1.58. The Hall–Kier alpha value is -0.960. The maximum absolute atomic E-state index is 10.8. The molecule has 0 amide bonds. The van der Waals surface area contributed by atoms with Gasteiger partial charge in [-0.05, 0) is 24.4 Å². The van der Waals surface area contributed by atoms with E-state index in [9.17, 15) is 4.79 Å². The van der Waals surface area contributed by atoms with Crippen molar-refractivity contribution in [2.45, 2.75) is 19.8 Å². The zero-order valence-electron chi connectivity index (χ0n) is 7.53. The first-order valence-corrected chi connectivity index (χ1v) is 4.66. The lowest BCUT2D eigenvalue weighted by atomic mass is 10.0. The Morgan fingerprint density at radius 3 is 3.00 bits per heavy atom. The average Bonchev–Trinajstić information content (AvgIpc) is 2.55. The minimum atomic E-state index is 0.124. The van der Waals surface area contributed by atoms with E-state index in [1.165, 1.54) is 0 Å². The van der Waals surface area contributed by atoms with Crippen molar-refractivity contribution >= 4 is 23.4 Å². The van der Waals surface area contributed by atoms with Gasteiger partial charge < -0.3 is 9.21 Å². The summed E-state index contributed by atoms with van der Waals surface area (Å²) < 4.78 is 5.17. The van der Waals surface area contributed by atoms with Gasteiger partial charge in [-0.3, -0.25) is 0 Å². The molecule has 0 aliphatic rings. The van der Waals surface area contributed by atoms with E-state index in [-0.39, 0.29) is 11.7 Å². The van der Waals surface area contributed by atoms with Crippen molar-refractivity contribution in [2.75, 3.05) is 0 Å². The fourth-order valence-corrected chi connectivity index (χ4v) is 1.42. The monoisotopic (exact) mass is 196 g/mol. The van der Waals surface area contributed by atoms with Crippen molar-refractivity contribution in [1.82, 2.24) is 0 Å². The number of ketones is 1. The molecule has 0 fully saturated rings. The van der Waals surface area contributed by atoms with Crippen LogP contribution in [0.4, 0.5) is 0 Å². The zero-order valence-corrected chi connectivity index (χ0v) is 8.34. The fraction of sp³-hybridized carbons (Fsp3) is 0.400. The van der Waals surface area contributed by atoms with Crippen LogP contribution in [0.25, 0.3) is 0 Å². The Morgan fingerprint density at radius 1 is 1.77 bits per heavy atom. The third-order valence-corrected chi connectivity index (χ3v) is 2.17. The van der Waals surface area contributed by atoms with Gasteiger partial charge >= 0.3 is 0 Å². The molecule has 1 aromatic heterocycles. The molecule has 1 heterocycles. The molecule has 1 aromatic rings. The van der Waals surface area contributed by atoms with Crippen LogP contribution < -0.4 is 0 Å². The topological polar surface area (TPSA) is 30.2 Å². The maximum Gasteiger partial charge on any atom is 0.130 e. The number of Topliss-reactive ketones (excluding diaryl/α,β-unsaturated/α-hetero) is 1. The number of carbonyl (C=O) groups excluding carboxylic acids is 1. The second kappa shape index (κ2) is 4.92. The molecule has 2 nitrogen and oxygen atoms in total. The molecule has 0 N–H and O–H groups in total. The highest BCUT2D eigenvalue weighted by Crippen LogP contribution is 2.11. The Morgan fingerprint density at radius 2 is 2.54 bits per heavy atom. The Labute approximate surface area is 82.9 Å². The van der Waals surface area contributed by atoms with Gasteiger partial charge in [0, 0.05) is 18.8 Å². The van der Waals surface area contributed by atoms with Gasteiger partial charge in [-0.25, -0.2) is 0 Å². The summed E-state index contributed by atoms with van der Waals surface area (Å²) in [5, 5.41) is 1.64. The predicted octanol–water partition coefficient (Wildman–Crippen LogP) is 2.42. The van der Waals surface area contributed by atoms with Crippen molar-refractivity contribution in [3.05, 3.63) is 24.2 Å². The predicted molar refractivity (Wildman–Crippen MR) is 54.9 cm³/mol. The van der Waals surface area contributed by atoms with Crippen LogP contribution in [-0.2, 0) is 11.2 Å². The van der Waals surface area contributed by atoms with Gasteiger partial charge in [-0.2, -0.15) is 0 Å². The standard InChI is InChI=1S/C10H12O2S/c1-8(11)5-9(7-13)6-10-3-2-4-12-10/h2-4,7,9H,5-6H2,1H3. The van der Waals surface area contributed by atoms with Crippen LogP contribution in [0.15, 0.2) is 22.8 Å². The van der Waals surface area contributed by atoms with E-state index >= 15 is 0 Å². The minimum Gasteiger partial charge on any atom is -0.469 e. The molecule has 0 aliphatic carbocycles. The zero-order chi connectivity index (χ0) is 9.68. The number of thiocarbonyl (C=S) groups is 1. The molecule has 0 aliphatic heterocycles. The highest BCUT2D eigenvalue weighted by Gasteiger charge is 2.10. The van der Waals surface area contributed by atoms with Crippen LogP contribution in [0.5, 0.6) is 0 Å². The first kappa shape index (κ1) is 10.1. The molecule has 1 unspecified atom stereocenters. The summed E-state index contributed by atoms with van der Waals surface area (Å²) in [6.07, 6.45) is 2.85. The van der Waals surface area contributed by atoms with Gasteiger partial charge in [0.1, 0.15) is 11.5 Å². The third kappa shape index (κ3) is 3.51. The first-order valence-electron chi connectivity index (χ1n) is 4.19. The number of furan rings is 1. The van der Waals surface area contributed by atoms with Crippen molar-refractivity contribution in [3.8, 4) is 0 Å². The molecule has 0 bridgehead atoms. The van der Waals surface area contributed by atoms with Crippen LogP contribution in [0.1, 0.15) is 19.1 Å². The van der Waals surface area contributed by atoms with Crippen LogP contribution in [0.2, 0.25) is 0 Å². The molecule has 1 rings (SSSR count). The third-order valence-electron chi connectivity index (χ3n) is 1.79. The normalized spacial score (nSPS) is 12.4. The Bertz CT molecular complexity index is 277. The Balaban J connectivity index is 2.49. The molecule has 0 aromatic carbocycles. The molecule has 3 heteroatoms. The molecule has 1 atom stereocenters. The summed E-state index contributed by atoms with van der Waals surface area (Å²) in [7, 11) is 0. The van der Waals surface area contributed by atoms with Gasteiger partial charge in [0.2, 0.25) is 0 Å². The van der Waals surface area contributed by atoms with Crippen molar-refractivity contribution in [2.24, 2.45) is 5.92 Å². The van der Waals surface area contributed by atoms with E-state index < -0.39 is 0 Å². The van der Waals surface area contributed by atoms with Gasteiger partial charge in [-0.1, -0.05) is 12.2 Å². The molecule has 0 saturated heterocycles. The number of hydrogen-bond donors (Lipinski definition) is 0. The van der Waals surface area contributed by atoms with Crippen molar-refractivity contribution in [3.63, 3.8) is 0 Å². The minimum absolute atomic E-state index is 0.124. The summed E-state index contributed by atoms with van der Waals surface area (Å²) in [6, 6.07) is 3.73. The van der Waals surface area contributed by atoms with Gasteiger partial charge in [0.05, 0.1) is 6.26 Å². The maximum atomic E-state index is 10.8. The SMILES string of the molecule is CC(=O)CC(C=S)Cc1ccco1. The van der Waals surface area contributed by atoms with Gasteiger partial charge in [-0.15, -0.1) is 0 Å². The van der Waals surface area contributed by atoms with E-state index in [4.69, 9.17) is 16.6 Å². The van der Waals surface area contributed by atoms with E-state index in [2.05, 4.69) is 0 Å². The smallest absolute Gasteiger partial charge is 0.130 e. The quantitative estimate of drug-likeness (QED) is 0.677. The van der Waals surface area contributed by atoms with E-state index in [0.717, 1.165) is 12.2 Å². The lowest BCUT2D eigenvalue weighted by molar-refractivity contribution is -0.117. The average molecular weight is 196 g/mol. The largest absolute Gasteiger partial charge is 0.469 e. The van der Waals surface area contributed by atoms with E-state index in [1.807, 2.05) is 12.1 Å². The molecule has 0 spiro atoms. The Kier molecular flexibility index (Phi) is 3.83. The lowest BCUT2D eigenvalue weighted by Gasteiger charge is -2.06. The second-order valence-electron chi connectivity index (χ2n) is 3.09. The molecular formula is C10H12O2S. The summed E-state index contributed by atoms with van der Waals surface area (Å²) in [5.74, 6) is 1.17. The highest BCUT2D eigenvalue weighted by molar-refractivity contribution is 7.79. The number of hydrogen-bond acceptors (Lipinski definition) is 3. The van der Waals surface area contributed by atoms with Crippen molar-refractivity contribution < 1.29 is 9.21 Å². The summed E-state index contributed by atoms with van der Waals surface area (Å²) >= 11 is 4.85. The molecule has 13 heavy (non-hydrogen) atoms.